The Kier molecular flexibility index (Phi) is 3.07. The highest BCUT2D eigenvalue weighted by Gasteiger charge is 2.33. The molecule has 0 fully saturated rings. The summed E-state index contributed by atoms with van der Waals surface area (Å²) in [6, 6.07) is 0.147. The SMILES string of the molecule is COC(C)c1nc2c(s1)C(N)CC(C)(C)C2. The van der Waals surface area contributed by atoms with Crippen molar-refractivity contribution in [2.24, 2.45) is 11.1 Å². The molecule has 0 aliphatic heterocycles. The van der Waals surface area contributed by atoms with Crippen molar-refractivity contribution in [3.63, 3.8) is 0 Å². The molecule has 90 valence electrons. The van der Waals surface area contributed by atoms with Crippen LogP contribution in [0.25, 0.3) is 0 Å². The normalized spacial score (nSPS) is 25.2. The zero-order valence-electron chi connectivity index (χ0n) is 10.4. The molecule has 1 aromatic rings. The summed E-state index contributed by atoms with van der Waals surface area (Å²) < 4.78 is 5.31. The van der Waals surface area contributed by atoms with Crippen molar-refractivity contribution in [1.29, 1.82) is 0 Å². The number of hydrogen-bond acceptors (Lipinski definition) is 4. The Labute approximate surface area is 101 Å². The zero-order valence-corrected chi connectivity index (χ0v) is 11.2. The number of fused-ring (bicyclic) bond motifs is 1. The van der Waals surface area contributed by atoms with E-state index in [1.807, 2.05) is 6.92 Å². The van der Waals surface area contributed by atoms with Crippen molar-refractivity contribution < 1.29 is 4.74 Å². The van der Waals surface area contributed by atoms with Gasteiger partial charge in [0.1, 0.15) is 11.1 Å². The van der Waals surface area contributed by atoms with Gasteiger partial charge in [0.15, 0.2) is 0 Å². The Morgan fingerprint density at radius 3 is 2.88 bits per heavy atom. The predicted octanol–water partition coefficient (Wildman–Crippen LogP) is 2.82. The molecule has 4 heteroatoms. The van der Waals surface area contributed by atoms with Crippen LogP contribution in [0.3, 0.4) is 0 Å². The summed E-state index contributed by atoms with van der Waals surface area (Å²) in [5.74, 6) is 0. The smallest absolute Gasteiger partial charge is 0.122 e. The molecule has 0 aromatic carbocycles. The third-order valence-corrected chi connectivity index (χ3v) is 4.59. The van der Waals surface area contributed by atoms with Crippen molar-refractivity contribution in [2.75, 3.05) is 7.11 Å². The molecule has 1 aliphatic rings. The minimum atomic E-state index is 0.0749. The molecule has 1 aliphatic carbocycles. The van der Waals surface area contributed by atoms with Crippen LogP contribution in [0.1, 0.15) is 54.9 Å². The predicted molar refractivity (Wildman–Crippen MR) is 66.6 cm³/mol. The van der Waals surface area contributed by atoms with E-state index < -0.39 is 0 Å². The van der Waals surface area contributed by atoms with E-state index in [-0.39, 0.29) is 17.6 Å². The van der Waals surface area contributed by atoms with Crippen LogP contribution in [-0.2, 0) is 11.2 Å². The van der Waals surface area contributed by atoms with Crippen molar-refractivity contribution >= 4 is 11.3 Å². The number of thiazole rings is 1. The van der Waals surface area contributed by atoms with Crippen LogP contribution in [0, 0.1) is 5.41 Å². The van der Waals surface area contributed by atoms with Gasteiger partial charge in [-0.05, 0) is 25.2 Å². The number of hydrogen-bond donors (Lipinski definition) is 1. The van der Waals surface area contributed by atoms with Crippen molar-refractivity contribution in [3.8, 4) is 0 Å². The first kappa shape index (κ1) is 12.0. The number of methoxy groups -OCH3 is 1. The maximum atomic E-state index is 6.21. The van der Waals surface area contributed by atoms with E-state index in [4.69, 9.17) is 10.5 Å². The van der Waals surface area contributed by atoms with Crippen LogP contribution >= 0.6 is 11.3 Å². The van der Waals surface area contributed by atoms with E-state index in [9.17, 15) is 0 Å². The maximum Gasteiger partial charge on any atom is 0.122 e. The molecule has 0 spiro atoms. The quantitative estimate of drug-likeness (QED) is 0.864. The van der Waals surface area contributed by atoms with Gasteiger partial charge in [0.25, 0.3) is 0 Å². The molecule has 1 heterocycles. The van der Waals surface area contributed by atoms with Gasteiger partial charge < -0.3 is 10.5 Å². The highest BCUT2D eigenvalue weighted by atomic mass is 32.1. The molecule has 0 saturated carbocycles. The Morgan fingerprint density at radius 1 is 1.56 bits per heavy atom. The summed E-state index contributed by atoms with van der Waals surface area (Å²) in [5.41, 5.74) is 7.67. The summed E-state index contributed by atoms with van der Waals surface area (Å²) in [7, 11) is 1.72. The topological polar surface area (TPSA) is 48.1 Å². The standard InChI is InChI=1S/C12H20N2OS/c1-7(15-4)11-14-9-6-12(2,3)5-8(13)10(9)16-11/h7-8H,5-6,13H2,1-4H3. The lowest BCUT2D eigenvalue weighted by Crippen LogP contribution is -2.28. The van der Waals surface area contributed by atoms with Crippen molar-refractivity contribution in [1.82, 2.24) is 4.98 Å². The molecular formula is C12H20N2OS. The number of rotatable bonds is 2. The molecular weight excluding hydrogens is 220 g/mol. The molecule has 2 unspecified atom stereocenters. The molecule has 0 bridgehead atoms. The molecule has 2 N–H and O–H groups in total. The Hall–Kier alpha value is -0.450. The molecule has 0 radical (unpaired) electrons. The van der Waals surface area contributed by atoms with Gasteiger partial charge in [-0.1, -0.05) is 13.8 Å². The molecule has 16 heavy (non-hydrogen) atoms. The number of nitrogens with two attached hydrogens (primary N) is 1. The van der Waals surface area contributed by atoms with E-state index in [0.29, 0.717) is 0 Å². The van der Waals surface area contributed by atoms with Gasteiger partial charge in [0.2, 0.25) is 0 Å². The maximum absolute atomic E-state index is 6.21. The second-order valence-electron chi connectivity index (χ2n) is 5.39. The van der Waals surface area contributed by atoms with Gasteiger partial charge >= 0.3 is 0 Å². The van der Waals surface area contributed by atoms with Gasteiger partial charge in [-0.15, -0.1) is 11.3 Å². The highest BCUT2D eigenvalue weighted by Crippen LogP contribution is 2.42. The molecule has 3 nitrogen and oxygen atoms in total. The lowest BCUT2D eigenvalue weighted by Gasteiger charge is -2.32. The summed E-state index contributed by atoms with van der Waals surface area (Å²) >= 11 is 1.72. The molecule has 0 amide bonds. The minimum Gasteiger partial charge on any atom is -0.375 e. The summed E-state index contributed by atoms with van der Waals surface area (Å²) in [4.78, 5) is 5.94. The minimum absolute atomic E-state index is 0.0749. The summed E-state index contributed by atoms with van der Waals surface area (Å²) in [6.07, 6.45) is 2.15. The number of nitrogens with zero attached hydrogens (tertiary/aromatic N) is 1. The van der Waals surface area contributed by atoms with E-state index in [1.54, 1.807) is 18.4 Å². The summed E-state index contributed by atoms with van der Waals surface area (Å²) in [6.45, 7) is 6.55. The Balaban J connectivity index is 2.34. The Morgan fingerprint density at radius 2 is 2.25 bits per heavy atom. The third-order valence-electron chi connectivity index (χ3n) is 3.20. The van der Waals surface area contributed by atoms with Gasteiger partial charge in [0, 0.05) is 18.0 Å². The fraction of sp³-hybridized carbons (Fsp3) is 0.750. The first-order valence-electron chi connectivity index (χ1n) is 5.71. The lowest BCUT2D eigenvalue weighted by molar-refractivity contribution is 0.119. The van der Waals surface area contributed by atoms with E-state index in [0.717, 1.165) is 17.8 Å². The average molecular weight is 240 g/mol. The Bertz CT molecular complexity index is 386. The van der Waals surface area contributed by atoms with E-state index in [2.05, 4.69) is 18.8 Å². The largest absolute Gasteiger partial charge is 0.375 e. The molecule has 1 aromatic heterocycles. The summed E-state index contributed by atoms with van der Waals surface area (Å²) in [5, 5.41) is 1.06. The molecule has 2 atom stereocenters. The first-order chi connectivity index (χ1) is 7.43. The number of ether oxygens (including phenoxy) is 1. The highest BCUT2D eigenvalue weighted by molar-refractivity contribution is 7.11. The van der Waals surface area contributed by atoms with Crippen molar-refractivity contribution in [3.05, 3.63) is 15.6 Å². The fourth-order valence-electron chi connectivity index (χ4n) is 2.29. The van der Waals surface area contributed by atoms with Crippen molar-refractivity contribution in [2.45, 2.75) is 45.8 Å². The van der Waals surface area contributed by atoms with Crippen LogP contribution in [0.15, 0.2) is 0 Å². The van der Waals surface area contributed by atoms with Crippen LogP contribution in [0.4, 0.5) is 0 Å². The fourth-order valence-corrected chi connectivity index (χ4v) is 3.40. The van der Waals surface area contributed by atoms with Gasteiger partial charge in [-0.2, -0.15) is 0 Å². The lowest BCUT2D eigenvalue weighted by atomic mass is 9.77. The van der Waals surface area contributed by atoms with Crippen LogP contribution in [0.5, 0.6) is 0 Å². The average Bonchev–Trinajstić information content (AvgIpc) is 2.58. The van der Waals surface area contributed by atoms with Gasteiger partial charge in [0.05, 0.1) is 5.69 Å². The monoisotopic (exact) mass is 240 g/mol. The molecule has 2 rings (SSSR count). The van der Waals surface area contributed by atoms with E-state index >= 15 is 0 Å². The molecule has 0 saturated heterocycles. The third kappa shape index (κ3) is 2.14. The zero-order chi connectivity index (χ0) is 11.9. The second kappa shape index (κ2) is 4.09. The second-order valence-corrected chi connectivity index (χ2v) is 6.45. The van der Waals surface area contributed by atoms with Crippen LogP contribution < -0.4 is 5.73 Å². The number of aromatic nitrogens is 1. The van der Waals surface area contributed by atoms with Gasteiger partial charge in [-0.3, -0.25) is 0 Å². The van der Waals surface area contributed by atoms with Gasteiger partial charge in [-0.25, -0.2) is 4.98 Å². The van der Waals surface area contributed by atoms with Crippen LogP contribution in [0.2, 0.25) is 0 Å². The first-order valence-corrected chi connectivity index (χ1v) is 6.52. The van der Waals surface area contributed by atoms with E-state index in [1.165, 1.54) is 10.6 Å². The van der Waals surface area contributed by atoms with Crippen LogP contribution in [-0.4, -0.2) is 12.1 Å².